The van der Waals surface area contributed by atoms with Crippen molar-refractivity contribution < 1.29 is 14.7 Å². The van der Waals surface area contributed by atoms with Gasteiger partial charge < -0.3 is 20.7 Å². The van der Waals surface area contributed by atoms with E-state index in [2.05, 4.69) is 4.98 Å². The lowest BCUT2D eigenvalue weighted by atomic mass is 10.0. The SMILES string of the molecule is NC(=O)C[C@@H]1CN(C(=O)c2c[nH]cc2C2CC2)C[C@H]1O. The number of likely N-dealkylation sites (tertiary alicyclic amines) is 1. The van der Waals surface area contributed by atoms with Gasteiger partial charge in [-0.15, -0.1) is 0 Å². The molecule has 1 aliphatic heterocycles. The van der Waals surface area contributed by atoms with Crippen molar-refractivity contribution in [3.8, 4) is 0 Å². The van der Waals surface area contributed by atoms with Crippen molar-refractivity contribution >= 4 is 11.8 Å². The van der Waals surface area contributed by atoms with Crippen LogP contribution < -0.4 is 5.73 Å². The van der Waals surface area contributed by atoms with Gasteiger partial charge >= 0.3 is 0 Å². The van der Waals surface area contributed by atoms with E-state index < -0.39 is 12.0 Å². The van der Waals surface area contributed by atoms with Crippen molar-refractivity contribution in [2.45, 2.75) is 31.3 Å². The minimum atomic E-state index is -0.672. The van der Waals surface area contributed by atoms with Gasteiger partial charge in [0, 0.05) is 37.8 Å². The zero-order valence-electron chi connectivity index (χ0n) is 11.2. The van der Waals surface area contributed by atoms with Gasteiger partial charge in [0.15, 0.2) is 0 Å². The molecule has 4 N–H and O–H groups in total. The van der Waals surface area contributed by atoms with Gasteiger partial charge in [-0.25, -0.2) is 0 Å². The molecule has 1 aromatic rings. The van der Waals surface area contributed by atoms with Crippen LogP contribution in [-0.2, 0) is 4.79 Å². The van der Waals surface area contributed by atoms with Crippen molar-refractivity contribution in [2.75, 3.05) is 13.1 Å². The standard InChI is InChI=1S/C14H19N3O3/c15-13(19)3-9-6-17(7-12(9)18)14(20)11-5-16-4-10(11)8-1-2-8/h4-5,8-9,12,16,18H,1-3,6-7H2,(H2,15,19)/t9-,12-/m1/s1. The van der Waals surface area contributed by atoms with Crippen molar-refractivity contribution in [1.82, 2.24) is 9.88 Å². The highest BCUT2D eigenvalue weighted by molar-refractivity contribution is 5.96. The smallest absolute Gasteiger partial charge is 0.255 e. The highest BCUT2D eigenvalue weighted by Crippen LogP contribution is 2.42. The van der Waals surface area contributed by atoms with E-state index in [1.165, 1.54) is 0 Å². The maximum Gasteiger partial charge on any atom is 0.255 e. The molecule has 0 unspecified atom stereocenters. The van der Waals surface area contributed by atoms with E-state index in [9.17, 15) is 14.7 Å². The maximum absolute atomic E-state index is 12.5. The Balaban J connectivity index is 1.71. The molecule has 1 saturated carbocycles. The minimum absolute atomic E-state index is 0.0702. The topological polar surface area (TPSA) is 99.4 Å². The number of hydrogen-bond donors (Lipinski definition) is 3. The number of carbonyl (C=O) groups excluding carboxylic acids is 2. The van der Waals surface area contributed by atoms with Crippen LogP contribution in [0.4, 0.5) is 0 Å². The summed E-state index contributed by atoms with van der Waals surface area (Å²) in [6.07, 6.45) is 5.32. The fourth-order valence-corrected chi connectivity index (χ4v) is 2.94. The van der Waals surface area contributed by atoms with Crippen LogP contribution in [-0.4, -0.2) is 46.0 Å². The number of nitrogens with zero attached hydrogens (tertiary/aromatic N) is 1. The number of rotatable bonds is 4. The van der Waals surface area contributed by atoms with E-state index >= 15 is 0 Å². The van der Waals surface area contributed by atoms with Crippen molar-refractivity contribution in [3.63, 3.8) is 0 Å². The molecule has 0 aromatic carbocycles. The zero-order valence-corrected chi connectivity index (χ0v) is 11.2. The summed E-state index contributed by atoms with van der Waals surface area (Å²) in [6, 6.07) is 0. The number of nitrogens with one attached hydrogen (secondary N) is 1. The Morgan fingerprint density at radius 3 is 2.75 bits per heavy atom. The molecule has 1 aromatic heterocycles. The monoisotopic (exact) mass is 277 g/mol. The summed E-state index contributed by atoms with van der Waals surface area (Å²) < 4.78 is 0. The Morgan fingerprint density at radius 2 is 2.10 bits per heavy atom. The normalized spacial score (nSPS) is 25.9. The van der Waals surface area contributed by atoms with Crippen molar-refractivity contribution in [2.24, 2.45) is 11.7 Å². The van der Waals surface area contributed by atoms with Crippen LogP contribution in [0.25, 0.3) is 0 Å². The van der Waals surface area contributed by atoms with Gasteiger partial charge in [0.1, 0.15) is 0 Å². The molecule has 2 amide bonds. The van der Waals surface area contributed by atoms with E-state index in [0.29, 0.717) is 18.0 Å². The summed E-state index contributed by atoms with van der Waals surface area (Å²) in [5.74, 6) is -0.267. The lowest BCUT2D eigenvalue weighted by molar-refractivity contribution is -0.119. The van der Waals surface area contributed by atoms with Crippen LogP contribution in [0, 0.1) is 5.92 Å². The van der Waals surface area contributed by atoms with Gasteiger partial charge in [-0.05, 0) is 24.3 Å². The first-order chi connectivity index (χ1) is 9.56. The second-order valence-electron chi connectivity index (χ2n) is 5.81. The number of amides is 2. The summed E-state index contributed by atoms with van der Waals surface area (Å²) in [7, 11) is 0. The predicted octanol–water partition coefficient (Wildman–Crippen LogP) is 0.200. The number of aromatic nitrogens is 1. The first-order valence-electron chi connectivity index (χ1n) is 6.98. The molecular formula is C14H19N3O3. The van der Waals surface area contributed by atoms with E-state index in [1.54, 1.807) is 11.1 Å². The van der Waals surface area contributed by atoms with E-state index in [1.807, 2.05) is 6.20 Å². The van der Waals surface area contributed by atoms with Crippen LogP contribution in [0.1, 0.15) is 41.1 Å². The Labute approximate surface area is 116 Å². The highest BCUT2D eigenvalue weighted by Gasteiger charge is 2.37. The highest BCUT2D eigenvalue weighted by atomic mass is 16.3. The quantitative estimate of drug-likeness (QED) is 0.733. The molecule has 20 heavy (non-hydrogen) atoms. The predicted molar refractivity (Wildman–Crippen MR) is 72.0 cm³/mol. The molecule has 0 radical (unpaired) electrons. The van der Waals surface area contributed by atoms with Crippen LogP contribution in [0.2, 0.25) is 0 Å². The van der Waals surface area contributed by atoms with E-state index in [4.69, 9.17) is 5.73 Å². The number of aliphatic hydroxyl groups is 1. The average molecular weight is 277 g/mol. The fourth-order valence-electron chi connectivity index (χ4n) is 2.94. The van der Waals surface area contributed by atoms with Crippen molar-refractivity contribution in [3.05, 3.63) is 23.5 Å². The number of H-pyrrole nitrogens is 1. The second kappa shape index (κ2) is 4.94. The molecule has 2 fully saturated rings. The second-order valence-corrected chi connectivity index (χ2v) is 5.81. The summed E-state index contributed by atoms with van der Waals surface area (Å²) in [4.78, 5) is 28.1. The van der Waals surface area contributed by atoms with Crippen molar-refractivity contribution in [1.29, 1.82) is 0 Å². The van der Waals surface area contributed by atoms with Crippen LogP contribution in [0.15, 0.2) is 12.4 Å². The van der Waals surface area contributed by atoms with Crippen LogP contribution in [0.3, 0.4) is 0 Å². The number of nitrogens with two attached hydrogens (primary N) is 1. The number of aliphatic hydroxyl groups excluding tert-OH is 1. The van der Waals surface area contributed by atoms with Gasteiger partial charge in [-0.2, -0.15) is 0 Å². The molecule has 108 valence electrons. The largest absolute Gasteiger partial charge is 0.391 e. The molecule has 2 atom stereocenters. The number of carbonyl (C=O) groups is 2. The molecule has 3 rings (SSSR count). The molecule has 1 saturated heterocycles. The first kappa shape index (κ1) is 13.2. The maximum atomic E-state index is 12.5. The summed E-state index contributed by atoms with van der Waals surface area (Å²) in [5, 5.41) is 9.94. The number of hydrogen-bond acceptors (Lipinski definition) is 3. The number of β-amino-alcohol motifs (C(OH)–C–C–N with tert-alkyl or cyclic N) is 1. The first-order valence-corrected chi connectivity index (χ1v) is 6.98. The van der Waals surface area contributed by atoms with Gasteiger partial charge in [0.25, 0.3) is 5.91 Å². The zero-order chi connectivity index (χ0) is 14.3. The molecule has 0 spiro atoms. The molecule has 6 heteroatoms. The number of primary amides is 1. The van der Waals surface area contributed by atoms with Gasteiger partial charge in [0.05, 0.1) is 11.7 Å². The third kappa shape index (κ3) is 2.43. The Morgan fingerprint density at radius 1 is 1.35 bits per heavy atom. The summed E-state index contributed by atoms with van der Waals surface area (Å²) >= 11 is 0. The lowest BCUT2D eigenvalue weighted by Gasteiger charge is -2.16. The Bertz CT molecular complexity index is 536. The average Bonchev–Trinajstić information content (AvgIpc) is 3.01. The third-order valence-corrected chi connectivity index (χ3v) is 4.18. The van der Waals surface area contributed by atoms with Crippen LogP contribution in [0.5, 0.6) is 0 Å². The molecule has 0 bridgehead atoms. The van der Waals surface area contributed by atoms with E-state index in [-0.39, 0.29) is 24.8 Å². The molecular weight excluding hydrogens is 258 g/mol. The van der Waals surface area contributed by atoms with Gasteiger partial charge in [-0.1, -0.05) is 0 Å². The molecule has 2 heterocycles. The van der Waals surface area contributed by atoms with Crippen LogP contribution >= 0.6 is 0 Å². The van der Waals surface area contributed by atoms with Gasteiger partial charge in [-0.3, -0.25) is 9.59 Å². The molecule has 1 aliphatic carbocycles. The van der Waals surface area contributed by atoms with E-state index in [0.717, 1.165) is 18.4 Å². The Kier molecular flexibility index (Phi) is 3.25. The lowest BCUT2D eigenvalue weighted by Crippen LogP contribution is -2.30. The fraction of sp³-hybridized carbons (Fsp3) is 0.571. The molecule has 2 aliphatic rings. The number of aromatic amines is 1. The third-order valence-electron chi connectivity index (χ3n) is 4.18. The van der Waals surface area contributed by atoms with Gasteiger partial charge in [0.2, 0.25) is 5.91 Å². The summed E-state index contributed by atoms with van der Waals surface area (Å²) in [6.45, 7) is 0.657. The minimum Gasteiger partial charge on any atom is -0.391 e. The summed E-state index contributed by atoms with van der Waals surface area (Å²) in [5.41, 5.74) is 6.93. The molecule has 6 nitrogen and oxygen atoms in total. The Hall–Kier alpha value is -1.82.